The number of epoxide rings is 1. The quantitative estimate of drug-likeness (QED) is 0.497. The number of ether oxygens (including phenoxy) is 2. The van der Waals surface area contributed by atoms with Crippen LogP contribution in [-0.4, -0.2) is 24.8 Å². The van der Waals surface area contributed by atoms with Crippen molar-refractivity contribution < 1.29 is 14.3 Å². The van der Waals surface area contributed by atoms with Crippen LogP contribution in [0.4, 0.5) is 0 Å². The number of hydrogen-bond acceptors (Lipinski definition) is 3. The van der Waals surface area contributed by atoms with Gasteiger partial charge in [0.1, 0.15) is 0 Å². The van der Waals surface area contributed by atoms with Crippen LogP contribution in [0.5, 0.6) is 0 Å². The molecule has 2 aliphatic rings. The van der Waals surface area contributed by atoms with E-state index >= 15 is 0 Å². The molecule has 0 bridgehead atoms. The first-order valence-electron chi connectivity index (χ1n) is 8.04. The van der Waals surface area contributed by atoms with Crippen LogP contribution in [0.25, 0.3) is 0 Å². The minimum atomic E-state index is 0.00531. The summed E-state index contributed by atoms with van der Waals surface area (Å²) < 4.78 is 11.0. The average Bonchev–Trinajstić information content (AvgIpc) is 3.15. The van der Waals surface area contributed by atoms with E-state index in [4.69, 9.17) is 9.47 Å². The topological polar surface area (TPSA) is 38.8 Å². The van der Waals surface area contributed by atoms with Gasteiger partial charge in [-0.1, -0.05) is 39.5 Å². The van der Waals surface area contributed by atoms with Crippen molar-refractivity contribution >= 4 is 5.97 Å². The third-order valence-corrected chi connectivity index (χ3v) is 4.44. The Morgan fingerprint density at radius 1 is 1.21 bits per heavy atom. The molecule has 3 heteroatoms. The van der Waals surface area contributed by atoms with Gasteiger partial charge in [-0.05, 0) is 31.1 Å². The highest BCUT2D eigenvalue weighted by Crippen LogP contribution is 2.39. The molecular formula is C16H28O3. The zero-order valence-corrected chi connectivity index (χ0v) is 12.4. The number of esters is 1. The van der Waals surface area contributed by atoms with Crippen LogP contribution < -0.4 is 0 Å². The second-order valence-corrected chi connectivity index (χ2v) is 6.22. The Morgan fingerprint density at radius 2 is 1.95 bits per heavy atom. The van der Waals surface area contributed by atoms with Crippen LogP contribution in [-0.2, 0) is 14.3 Å². The van der Waals surface area contributed by atoms with Gasteiger partial charge in [0.05, 0.1) is 18.8 Å². The van der Waals surface area contributed by atoms with Crippen molar-refractivity contribution in [2.45, 2.75) is 77.4 Å². The second kappa shape index (κ2) is 7.28. The second-order valence-electron chi connectivity index (χ2n) is 6.22. The molecule has 0 amide bonds. The van der Waals surface area contributed by atoms with E-state index < -0.39 is 0 Å². The Bertz CT molecular complexity index is 284. The van der Waals surface area contributed by atoms with E-state index in [1.54, 1.807) is 0 Å². The number of rotatable bonds is 8. The largest absolute Gasteiger partial charge is 0.465 e. The lowest BCUT2D eigenvalue weighted by atomic mass is 9.90. The van der Waals surface area contributed by atoms with Crippen LogP contribution in [0.3, 0.4) is 0 Å². The van der Waals surface area contributed by atoms with Crippen molar-refractivity contribution in [3.8, 4) is 0 Å². The lowest BCUT2D eigenvalue weighted by Crippen LogP contribution is -2.21. The normalized spacial score (nSPS) is 29.1. The molecule has 2 rings (SSSR count). The third kappa shape index (κ3) is 4.79. The molecule has 0 aromatic carbocycles. The van der Waals surface area contributed by atoms with Gasteiger partial charge in [-0.25, -0.2) is 0 Å². The summed E-state index contributed by atoms with van der Waals surface area (Å²) in [5.41, 5.74) is 0. The Labute approximate surface area is 117 Å². The maximum Gasteiger partial charge on any atom is 0.306 e. The number of hydrogen-bond donors (Lipinski definition) is 0. The summed E-state index contributed by atoms with van der Waals surface area (Å²) in [7, 11) is 0. The highest BCUT2D eigenvalue weighted by Gasteiger charge is 2.43. The minimum Gasteiger partial charge on any atom is -0.465 e. The van der Waals surface area contributed by atoms with Crippen LogP contribution in [0.2, 0.25) is 0 Å². The molecule has 1 aliphatic heterocycles. The van der Waals surface area contributed by atoms with Crippen LogP contribution in [0.1, 0.15) is 65.2 Å². The van der Waals surface area contributed by atoms with Crippen molar-refractivity contribution in [3.63, 3.8) is 0 Å². The van der Waals surface area contributed by atoms with Gasteiger partial charge in [0.25, 0.3) is 0 Å². The highest BCUT2D eigenvalue weighted by molar-refractivity contribution is 5.69. The van der Waals surface area contributed by atoms with E-state index in [0.717, 1.165) is 44.9 Å². The minimum absolute atomic E-state index is 0.00531. The number of carbonyl (C=O) groups is 1. The van der Waals surface area contributed by atoms with Gasteiger partial charge in [0.15, 0.2) is 0 Å². The molecule has 3 atom stereocenters. The Kier molecular flexibility index (Phi) is 5.68. The van der Waals surface area contributed by atoms with Crippen molar-refractivity contribution in [2.24, 2.45) is 11.8 Å². The predicted octanol–water partition coefficient (Wildman–Crippen LogP) is 3.70. The molecule has 0 aromatic heterocycles. The average molecular weight is 268 g/mol. The Balaban J connectivity index is 1.62. The van der Waals surface area contributed by atoms with E-state index in [9.17, 15) is 4.79 Å². The van der Waals surface area contributed by atoms with Gasteiger partial charge < -0.3 is 9.47 Å². The van der Waals surface area contributed by atoms with Crippen LogP contribution in [0, 0.1) is 11.8 Å². The molecule has 1 saturated heterocycles. The molecule has 2 unspecified atom stereocenters. The molecule has 3 nitrogen and oxygen atoms in total. The molecule has 1 heterocycles. The van der Waals surface area contributed by atoms with Crippen molar-refractivity contribution in [3.05, 3.63) is 0 Å². The molecule has 110 valence electrons. The summed E-state index contributed by atoms with van der Waals surface area (Å²) in [6.45, 7) is 4.97. The molecule has 0 spiro atoms. The van der Waals surface area contributed by atoms with Gasteiger partial charge in [-0.2, -0.15) is 0 Å². The first kappa shape index (κ1) is 14.8. The summed E-state index contributed by atoms with van der Waals surface area (Å²) in [5.74, 6) is 1.05. The fourth-order valence-corrected chi connectivity index (χ4v) is 3.31. The van der Waals surface area contributed by atoms with Gasteiger partial charge in [0.2, 0.25) is 0 Å². The molecule has 2 fully saturated rings. The fourth-order valence-electron chi connectivity index (χ4n) is 3.31. The van der Waals surface area contributed by atoms with E-state index in [-0.39, 0.29) is 5.97 Å². The lowest BCUT2D eigenvalue weighted by molar-refractivity contribution is -0.146. The van der Waals surface area contributed by atoms with Gasteiger partial charge >= 0.3 is 5.97 Å². The lowest BCUT2D eigenvalue weighted by Gasteiger charge is -2.20. The summed E-state index contributed by atoms with van der Waals surface area (Å²) in [6, 6.07) is 0. The Hall–Kier alpha value is -0.570. The number of fused-ring (bicyclic) bond motifs is 1. The Morgan fingerprint density at radius 3 is 2.58 bits per heavy atom. The molecule has 1 saturated carbocycles. The van der Waals surface area contributed by atoms with Crippen molar-refractivity contribution in [2.75, 3.05) is 6.61 Å². The predicted molar refractivity (Wildman–Crippen MR) is 74.9 cm³/mol. The standard InChI is InChI=1S/C16H28O3/c1-3-5-12(6-4-2)10-16(17)18-11-13-7-8-14-15(9-13)19-14/h12-15H,3-11H2,1-2H3/t13-,14?,15?/m0/s1. The molecular weight excluding hydrogens is 240 g/mol. The monoisotopic (exact) mass is 268 g/mol. The SMILES string of the molecule is CCCC(CCC)CC(=O)OC[C@H]1CCC2OC2C1. The van der Waals surface area contributed by atoms with E-state index in [0.29, 0.717) is 37.1 Å². The summed E-state index contributed by atoms with van der Waals surface area (Å²) in [5, 5.41) is 0. The molecule has 19 heavy (non-hydrogen) atoms. The highest BCUT2D eigenvalue weighted by atomic mass is 16.6. The summed E-state index contributed by atoms with van der Waals surface area (Å²) in [4.78, 5) is 11.9. The van der Waals surface area contributed by atoms with Crippen molar-refractivity contribution in [1.29, 1.82) is 0 Å². The molecule has 1 aliphatic carbocycles. The summed E-state index contributed by atoms with van der Waals surface area (Å²) >= 11 is 0. The van der Waals surface area contributed by atoms with E-state index in [1.165, 1.54) is 0 Å². The van der Waals surface area contributed by atoms with Crippen molar-refractivity contribution in [1.82, 2.24) is 0 Å². The third-order valence-electron chi connectivity index (χ3n) is 4.44. The fraction of sp³-hybridized carbons (Fsp3) is 0.938. The molecule has 0 N–H and O–H groups in total. The van der Waals surface area contributed by atoms with Gasteiger partial charge in [-0.3, -0.25) is 4.79 Å². The number of carbonyl (C=O) groups excluding carboxylic acids is 1. The smallest absolute Gasteiger partial charge is 0.306 e. The first-order valence-corrected chi connectivity index (χ1v) is 8.04. The van der Waals surface area contributed by atoms with E-state index in [2.05, 4.69) is 13.8 Å². The first-order chi connectivity index (χ1) is 9.22. The molecule has 0 aromatic rings. The van der Waals surface area contributed by atoms with E-state index in [1.807, 2.05) is 0 Å². The maximum atomic E-state index is 11.9. The van der Waals surface area contributed by atoms with Crippen LogP contribution in [0.15, 0.2) is 0 Å². The van der Waals surface area contributed by atoms with Gasteiger partial charge in [0, 0.05) is 6.42 Å². The zero-order valence-electron chi connectivity index (χ0n) is 12.4. The maximum absolute atomic E-state index is 11.9. The summed E-state index contributed by atoms with van der Waals surface area (Å²) in [6.07, 6.45) is 9.61. The molecule has 0 radical (unpaired) electrons. The van der Waals surface area contributed by atoms with Crippen LogP contribution >= 0.6 is 0 Å². The zero-order chi connectivity index (χ0) is 13.7. The van der Waals surface area contributed by atoms with Gasteiger partial charge in [-0.15, -0.1) is 0 Å².